The molecule has 5 aromatic rings. The van der Waals surface area contributed by atoms with Crippen molar-refractivity contribution >= 4 is 5.97 Å². The van der Waals surface area contributed by atoms with Crippen molar-refractivity contribution in [2.45, 2.75) is 49.5 Å². The number of carbonyl (C=O) groups is 1. The third-order valence-corrected chi connectivity index (χ3v) is 11.5. The van der Waals surface area contributed by atoms with E-state index in [1.54, 1.807) is 0 Å². The van der Waals surface area contributed by atoms with E-state index in [2.05, 4.69) is 0 Å². The van der Waals surface area contributed by atoms with Crippen LogP contribution in [-0.2, 0) is 22.3 Å². The Morgan fingerprint density at radius 3 is 1.67 bits per heavy atom. The topological polar surface area (TPSA) is 398 Å². The lowest BCUT2D eigenvalue weighted by atomic mass is 9.72. The fourth-order valence-electron chi connectivity index (χ4n) is 8.35. The molecule has 0 spiro atoms. The molecule has 0 fully saturated rings. The van der Waals surface area contributed by atoms with Gasteiger partial charge in [0.15, 0.2) is 69.9 Å². The van der Waals surface area contributed by atoms with E-state index in [4.69, 9.17) is 18.9 Å². The first-order valence-electron chi connectivity index (χ1n) is 19.4. The zero-order valence-corrected chi connectivity index (χ0v) is 33.4. The number of allylic oxidation sites excluding steroid dienone is 1. The molecular formula is C44H38O22. The van der Waals surface area contributed by atoms with Gasteiger partial charge in [-0.1, -0.05) is 0 Å². The number of phenols is 13. The van der Waals surface area contributed by atoms with Gasteiger partial charge in [-0.3, -0.25) is 0 Å². The van der Waals surface area contributed by atoms with E-state index in [1.807, 2.05) is 0 Å². The first kappa shape index (κ1) is 44.0. The molecule has 2 aliphatic heterocycles. The largest absolute Gasteiger partial charge is 0.508 e. The van der Waals surface area contributed by atoms with Crippen LogP contribution in [0.1, 0.15) is 56.5 Å². The Hall–Kier alpha value is -8.63. The monoisotopic (exact) mass is 918 g/mol. The van der Waals surface area contributed by atoms with E-state index in [-0.39, 0.29) is 28.2 Å². The molecule has 1 aliphatic carbocycles. The van der Waals surface area contributed by atoms with Gasteiger partial charge in [-0.2, -0.15) is 0 Å². The van der Waals surface area contributed by atoms with Gasteiger partial charge in [0.2, 0.25) is 5.75 Å². The molecule has 0 radical (unpaired) electrons. The minimum atomic E-state index is -2.10. The maximum atomic E-state index is 13.7. The Bertz CT molecular complexity index is 2840. The highest BCUT2D eigenvalue weighted by atomic mass is 16.6. The van der Waals surface area contributed by atoms with Gasteiger partial charge in [0.25, 0.3) is 0 Å². The number of benzene rings is 5. The van der Waals surface area contributed by atoms with Gasteiger partial charge in [0.05, 0.1) is 11.5 Å². The molecule has 7 atom stereocenters. The molecule has 22 nitrogen and oxygen atoms in total. The van der Waals surface area contributed by atoms with Crippen LogP contribution in [0.15, 0.2) is 78.0 Å². The van der Waals surface area contributed by atoms with Crippen molar-refractivity contribution in [3.8, 4) is 86.2 Å². The smallest absolute Gasteiger partial charge is 0.338 e. The van der Waals surface area contributed by atoms with Crippen LogP contribution in [0, 0.1) is 5.92 Å². The van der Waals surface area contributed by atoms with Crippen LogP contribution in [-0.4, -0.2) is 111 Å². The molecular weight excluding hydrogens is 880 g/mol. The molecule has 8 rings (SSSR count). The molecule has 3 aliphatic rings. The van der Waals surface area contributed by atoms with Crippen molar-refractivity contribution in [2.75, 3.05) is 0 Å². The summed E-state index contributed by atoms with van der Waals surface area (Å²) in [5.41, 5.74) is -2.07. The van der Waals surface area contributed by atoms with Crippen LogP contribution in [0.4, 0.5) is 0 Å². The van der Waals surface area contributed by atoms with Gasteiger partial charge >= 0.3 is 5.97 Å². The number of ether oxygens (including phenoxy) is 4. The van der Waals surface area contributed by atoms with Crippen LogP contribution in [0.25, 0.3) is 0 Å². The second-order valence-corrected chi connectivity index (χ2v) is 15.6. The number of hydrogen-bond acceptors (Lipinski definition) is 22. The standard InChI is InChI=1S/C44H38O22/c45-15-5-21(47)17-11-31(65-43(61)13-1-23(49)35(55)24(50)2-13)41(63-29(17)7-15)19-9-27(53)37(57)39(59)33(19)34-20(10-28(54)38(58)40(34)60)42-32(12-18-22(48)6-16(46)8-30(18)64-42)66-44(62)14-3-25(51)36(56)26(52)4-14/h1-10,19,31-33,41-43,45-61H,11-12H2/t19?,31-,32-,33?,41-,42-,43?/m1/s1. The molecule has 0 aromatic heterocycles. The Kier molecular flexibility index (Phi) is 10.8. The zero-order chi connectivity index (χ0) is 47.8. The molecule has 5 aromatic carbocycles. The summed E-state index contributed by atoms with van der Waals surface area (Å²) in [6, 6.07) is 7.96. The van der Waals surface area contributed by atoms with E-state index in [1.165, 1.54) is 0 Å². The molecule has 346 valence electrons. The SMILES string of the molecule is O=C(O[C@@H]1Cc2c(O)cc(O)cc2O[C@@H]1c1cc(O)c(O)c(O)c1C1C(O)=C(O)C(O)=CC1[C@H]1Oc2cc(O)cc(O)c2C[C@H]1OC(O)c1cc(O)c(O)c(O)c1)c1cc(O)c(O)c(O)c1. The van der Waals surface area contributed by atoms with Crippen LogP contribution < -0.4 is 9.47 Å². The second kappa shape index (κ2) is 16.2. The van der Waals surface area contributed by atoms with Crippen molar-refractivity contribution in [2.24, 2.45) is 5.92 Å². The molecule has 0 saturated heterocycles. The summed E-state index contributed by atoms with van der Waals surface area (Å²) in [6.45, 7) is 0. The normalized spacial score (nSPS) is 21.7. The fraction of sp³-hybridized carbons (Fsp3) is 0.205. The minimum absolute atomic E-state index is 0.0210. The zero-order valence-electron chi connectivity index (χ0n) is 33.4. The summed E-state index contributed by atoms with van der Waals surface area (Å²) >= 11 is 0. The number of hydrogen-bond donors (Lipinski definition) is 17. The lowest BCUT2D eigenvalue weighted by Gasteiger charge is -2.43. The van der Waals surface area contributed by atoms with E-state index in [9.17, 15) is 91.6 Å². The number of aliphatic hydroxyl groups is 4. The summed E-state index contributed by atoms with van der Waals surface area (Å²) in [5, 5.41) is 182. The molecule has 66 heavy (non-hydrogen) atoms. The predicted octanol–water partition coefficient (Wildman–Crippen LogP) is 4.32. The average molecular weight is 919 g/mol. The van der Waals surface area contributed by atoms with Gasteiger partial charge in [-0.05, 0) is 36.4 Å². The highest BCUT2D eigenvalue weighted by molar-refractivity contribution is 5.91. The van der Waals surface area contributed by atoms with Gasteiger partial charge in [-0.25, -0.2) is 4.79 Å². The van der Waals surface area contributed by atoms with Crippen LogP contribution in [0.3, 0.4) is 0 Å². The van der Waals surface area contributed by atoms with E-state index >= 15 is 0 Å². The first-order chi connectivity index (χ1) is 31.1. The number of rotatable bonds is 8. The van der Waals surface area contributed by atoms with Crippen LogP contribution in [0.5, 0.6) is 86.2 Å². The van der Waals surface area contributed by atoms with Crippen molar-refractivity contribution < 1.29 is 111 Å². The van der Waals surface area contributed by atoms with Gasteiger partial charge in [0, 0.05) is 70.8 Å². The number of aromatic hydroxyl groups is 13. The first-order valence-corrected chi connectivity index (χ1v) is 19.4. The molecule has 2 heterocycles. The van der Waals surface area contributed by atoms with Crippen molar-refractivity contribution in [3.63, 3.8) is 0 Å². The molecule has 0 saturated carbocycles. The Balaban J connectivity index is 1.30. The highest BCUT2D eigenvalue weighted by Crippen LogP contribution is 2.56. The second-order valence-electron chi connectivity index (χ2n) is 15.6. The summed E-state index contributed by atoms with van der Waals surface area (Å²) in [7, 11) is 0. The number of phenolic OH excluding ortho intramolecular Hbond substituents is 13. The van der Waals surface area contributed by atoms with Gasteiger partial charge < -0.3 is 106 Å². The van der Waals surface area contributed by atoms with Crippen molar-refractivity contribution in [3.05, 3.63) is 111 Å². The maximum Gasteiger partial charge on any atom is 0.338 e. The van der Waals surface area contributed by atoms with E-state index in [0.717, 1.165) is 60.7 Å². The molecule has 3 unspecified atom stereocenters. The lowest BCUT2D eigenvalue weighted by molar-refractivity contribution is -0.175. The number of carbonyl (C=O) groups excluding carboxylic acids is 1. The van der Waals surface area contributed by atoms with E-state index in [0.29, 0.717) is 0 Å². The number of esters is 1. The van der Waals surface area contributed by atoms with Crippen molar-refractivity contribution in [1.29, 1.82) is 0 Å². The molecule has 17 N–H and O–H groups in total. The fourth-order valence-corrected chi connectivity index (χ4v) is 8.35. The predicted molar refractivity (Wildman–Crippen MR) is 217 cm³/mol. The summed E-state index contributed by atoms with van der Waals surface area (Å²) in [5.74, 6) is -19.9. The average Bonchev–Trinajstić information content (AvgIpc) is 3.25. The third-order valence-electron chi connectivity index (χ3n) is 11.5. The molecule has 0 bridgehead atoms. The van der Waals surface area contributed by atoms with E-state index < -0.39 is 170 Å². The Morgan fingerprint density at radius 1 is 0.576 bits per heavy atom. The molecule has 22 heteroatoms. The number of fused-ring (bicyclic) bond motifs is 2. The summed E-state index contributed by atoms with van der Waals surface area (Å²) in [6.07, 6.45) is -8.91. The minimum Gasteiger partial charge on any atom is -0.508 e. The Labute approximate surface area is 368 Å². The highest BCUT2D eigenvalue weighted by Gasteiger charge is 2.50. The molecule has 0 amide bonds. The lowest BCUT2D eigenvalue weighted by Crippen LogP contribution is -2.47. The van der Waals surface area contributed by atoms with Crippen LogP contribution in [0.2, 0.25) is 0 Å². The number of aliphatic hydroxyl groups excluding tert-OH is 4. The summed E-state index contributed by atoms with van der Waals surface area (Å²) < 4.78 is 24.2. The maximum absolute atomic E-state index is 13.7. The Morgan fingerprint density at radius 2 is 1.09 bits per heavy atom. The van der Waals surface area contributed by atoms with Gasteiger partial charge in [-0.15, -0.1) is 0 Å². The third kappa shape index (κ3) is 7.54. The van der Waals surface area contributed by atoms with Gasteiger partial charge in [0.1, 0.15) is 58.6 Å². The van der Waals surface area contributed by atoms with Crippen LogP contribution >= 0.6 is 0 Å². The summed E-state index contributed by atoms with van der Waals surface area (Å²) in [4.78, 5) is 13.7. The van der Waals surface area contributed by atoms with Crippen molar-refractivity contribution in [1.82, 2.24) is 0 Å². The quantitative estimate of drug-likeness (QED) is 0.0585.